The molecule has 0 aromatic carbocycles. The first-order valence-corrected chi connectivity index (χ1v) is 7.36. The maximum Gasteiger partial charge on any atom is 0.390 e. The van der Waals surface area contributed by atoms with Crippen LogP contribution in [0.1, 0.15) is 30.6 Å². The van der Waals surface area contributed by atoms with Crippen LogP contribution >= 0.6 is 0 Å². The van der Waals surface area contributed by atoms with Crippen LogP contribution in [0.3, 0.4) is 0 Å². The van der Waals surface area contributed by atoms with Crippen LogP contribution in [0.25, 0.3) is 0 Å². The summed E-state index contributed by atoms with van der Waals surface area (Å²) in [7, 11) is 0. The summed E-state index contributed by atoms with van der Waals surface area (Å²) in [4.78, 5) is 22.3. The Bertz CT molecular complexity index is 705. The predicted molar refractivity (Wildman–Crippen MR) is 82.9 cm³/mol. The molecule has 1 unspecified atom stereocenters. The molecule has 9 heteroatoms. The lowest BCUT2D eigenvalue weighted by Crippen LogP contribution is -2.33. The molecule has 2 heterocycles. The van der Waals surface area contributed by atoms with E-state index in [1.165, 1.54) is 10.7 Å². The van der Waals surface area contributed by atoms with Crippen LogP contribution in [0, 0.1) is 24.0 Å². The van der Waals surface area contributed by atoms with Crippen molar-refractivity contribution in [3.8, 4) is 0 Å². The first kappa shape index (κ1) is 16.7. The summed E-state index contributed by atoms with van der Waals surface area (Å²) >= 11 is 0. The van der Waals surface area contributed by atoms with Gasteiger partial charge in [-0.3, -0.25) is 9.48 Å². The summed E-state index contributed by atoms with van der Waals surface area (Å²) < 4.78 is 3.19. The minimum absolute atomic E-state index is 0.220. The van der Waals surface area contributed by atoms with E-state index in [0.717, 1.165) is 18.5 Å². The molecule has 0 bridgehead atoms. The van der Waals surface area contributed by atoms with E-state index in [0.29, 0.717) is 12.2 Å². The Morgan fingerprint density at radius 2 is 2.22 bits per heavy atom. The lowest BCUT2D eigenvalue weighted by atomic mass is 10.3. The molecular weight excluding hydrogens is 300 g/mol. The molecule has 23 heavy (non-hydrogen) atoms. The number of rotatable bonds is 7. The second kappa shape index (κ2) is 7.03. The number of aryl methyl sites for hydroxylation is 3. The van der Waals surface area contributed by atoms with E-state index in [2.05, 4.69) is 15.5 Å². The van der Waals surface area contributed by atoms with Crippen molar-refractivity contribution in [1.29, 1.82) is 0 Å². The molecule has 0 saturated heterocycles. The van der Waals surface area contributed by atoms with Crippen molar-refractivity contribution in [2.45, 2.75) is 39.8 Å². The van der Waals surface area contributed by atoms with Crippen molar-refractivity contribution < 1.29 is 9.72 Å². The first-order valence-electron chi connectivity index (χ1n) is 7.36. The monoisotopic (exact) mass is 320 g/mol. The van der Waals surface area contributed by atoms with Crippen molar-refractivity contribution in [3.63, 3.8) is 0 Å². The molecule has 1 atom stereocenters. The zero-order valence-corrected chi connectivity index (χ0v) is 13.4. The molecule has 2 aromatic rings. The number of nitrogens with zero attached hydrogens (tertiary/aromatic N) is 5. The topological polar surface area (TPSA) is 108 Å². The van der Waals surface area contributed by atoms with Crippen molar-refractivity contribution in [1.82, 2.24) is 24.9 Å². The van der Waals surface area contributed by atoms with Crippen LogP contribution in [0.2, 0.25) is 0 Å². The zero-order chi connectivity index (χ0) is 17.0. The number of nitrogens with one attached hydrogen (secondary N) is 1. The fraction of sp³-hybridized carbons (Fsp3) is 0.500. The average molecular weight is 320 g/mol. The highest BCUT2D eigenvalue weighted by atomic mass is 16.6. The van der Waals surface area contributed by atoms with Gasteiger partial charge in [-0.15, -0.1) is 0 Å². The van der Waals surface area contributed by atoms with Crippen LogP contribution in [-0.4, -0.2) is 36.9 Å². The van der Waals surface area contributed by atoms with E-state index >= 15 is 0 Å². The van der Waals surface area contributed by atoms with Gasteiger partial charge in [0.15, 0.2) is 0 Å². The van der Waals surface area contributed by atoms with Gasteiger partial charge in [0, 0.05) is 19.3 Å². The van der Waals surface area contributed by atoms with E-state index in [1.807, 2.05) is 17.8 Å². The van der Waals surface area contributed by atoms with Gasteiger partial charge in [-0.2, -0.15) is 9.78 Å². The van der Waals surface area contributed by atoms with Gasteiger partial charge in [0.2, 0.25) is 5.91 Å². The Labute approximate surface area is 133 Å². The third kappa shape index (κ3) is 4.15. The van der Waals surface area contributed by atoms with Crippen LogP contribution in [0.4, 0.5) is 5.82 Å². The normalized spacial score (nSPS) is 12.1. The van der Waals surface area contributed by atoms with Gasteiger partial charge in [-0.05, 0) is 37.7 Å². The zero-order valence-electron chi connectivity index (χ0n) is 13.4. The summed E-state index contributed by atoms with van der Waals surface area (Å²) in [5.74, 6) is -0.473. The number of carbonyl (C=O) groups is 1. The van der Waals surface area contributed by atoms with Crippen molar-refractivity contribution in [2.24, 2.45) is 0 Å². The Hall–Kier alpha value is -2.71. The standard InChI is InChI=1S/C14H20N6O3/c1-10-8-16-18(9-10)6-4-5-15-14(21)12(3)19-11(2)7-13(17-19)20(22)23/h7-9,12H,4-6H2,1-3H3,(H,15,21). The molecule has 1 N–H and O–H groups in total. The van der Waals surface area contributed by atoms with Crippen LogP contribution < -0.4 is 5.32 Å². The first-order chi connectivity index (χ1) is 10.9. The summed E-state index contributed by atoms with van der Waals surface area (Å²) in [5.41, 5.74) is 1.67. The summed E-state index contributed by atoms with van der Waals surface area (Å²) in [6.45, 7) is 6.54. The second-order valence-electron chi connectivity index (χ2n) is 5.45. The number of hydrogen-bond acceptors (Lipinski definition) is 5. The number of nitro groups is 1. The average Bonchev–Trinajstić information content (AvgIpc) is 3.08. The third-order valence-electron chi connectivity index (χ3n) is 3.47. The molecule has 124 valence electrons. The molecule has 9 nitrogen and oxygen atoms in total. The van der Waals surface area contributed by atoms with E-state index in [1.54, 1.807) is 20.0 Å². The van der Waals surface area contributed by atoms with E-state index in [4.69, 9.17) is 0 Å². The van der Waals surface area contributed by atoms with Gasteiger partial charge in [0.05, 0.1) is 23.1 Å². The van der Waals surface area contributed by atoms with Gasteiger partial charge < -0.3 is 15.4 Å². The molecule has 2 rings (SSSR count). The lowest BCUT2D eigenvalue weighted by molar-refractivity contribution is -0.389. The van der Waals surface area contributed by atoms with Crippen molar-refractivity contribution in [3.05, 3.63) is 39.8 Å². The highest BCUT2D eigenvalue weighted by Crippen LogP contribution is 2.16. The maximum absolute atomic E-state index is 12.1. The van der Waals surface area contributed by atoms with E-state index in [-0.39, 0.29) is 11.7 Å². The molecule has 1 amide bonds. The maximum atomic E-state index is 12.1. The lowest BCUT2D eigenvalue weighted by Gasteiger charge is -2.11. The molecule has 2 aromatic heterocycles. The molecule has 0 aliphatic carbocycles. The SMILES string of the molecule is Cc1cnn(CCCNC(=O)C(C)n2nc([N+](=O)[O-])cc2C)c1. The largest absolute Gasteiger partial charge is 0.390 e. The smallest absolute Gasteiger partial charge is 0.358 e. The van der Waals surface area contributed by atoms with Crippen LogP contribution in [0.5, 0.6) is 0 Å². The van der Waals surface area contributed by atoms with Crippen LogP contribution in [-0.2, 0) is 11.3 Å². The number of hydrogen-bond donors (Lipinski definition) is 1. The highest BCUT2D eigenvalue weighted by molar-refractivity contribution is 5.79. The molecule has 0 fully saturated rings. The molecule has 0 saturated carbocycles. The van der Waals surface area contributed by atoms with Gasteiger partial charge in [-0.1, -0.05) is 0 Å². The Morgan fingerprint density at radius 3 is 2.78 bits per heavy atom. The van der Waals surface area contributed by atoms with Gasteiger partial charge in [0.1, 0.15) is 6.04 Å². The highest BCUT2D eigenvalue weighted by Gasteiger charge is 2.24. The Kier molecular flexibility index (Phi) is 5.09. The molecule has 0 aliphatic heterocycles. The predicted octanol–water partition coefficient (Wildman–Crippen LogP) is 1.37. The van der Waals surface area contributed by atoms with Crippen LogP contribution in [0.15, 0.2) is 18.5 Å². The van der Waals surface area contributed by atoms with E-state index in [9.17, 15) is 14.9 Å². The Balaban J connectivity index is 1.84. The molecule has 0 aliphatic rings. The molecule has 0 radical (unpaired) electrons. The van der Waals surface area contributed by atoms with Gasteiger partial charge >= 0.3 is 5.82 Å². The van der Waals surface area contributed by atoms with Gasteiger partial charge in [0.25, 0.3) is 0 Å². The minimum Gasteiger partial charge on any atom is -0.358 e. The van der Waals surface area contributed by atoms with Crippen molar-refractivity contribution >= 4 is 11.7 Å². The summed E-state index contributed by atoms with van der Waals surface area (Å²) in [5, 5.41) is 21.6. The summed E-state index contributed by atoms with van der Waals surface area (Å²) in [6.07, 6.45) is 4.47. The quantitative estimate of drug-likeness (QED) is 0.471. The number of amides is 1. The Morgan fingerprint density at radius 1 is 1.48 bits per heavy atom. The third-order valence-corrected chi connectivity index (χ3v) is 3.47. The second-order valence-corrected chi connectivity index (χ2v) is 5.45. The summed E-state index contributed by atoms with van der Waals surface area (Å²) in [6, 6.07) is 0.750. The molecule has 0 spiro atoms. The molecular formula is C14H20N6O3. The van der Waals surface area contributed by atoms with Gasteiger partial charge in [-0.25, -0.2) is 0 Å². The number of aromatic nitrogens is 4. The minimum atomic E-state index is -0.601. The fourth-order valence-corrected chi connectivity index (χ4v) is 2.25. The fourth-order valence-electron chi connectivity index (χ4n) is 2.25. The van der Waals surface area contributed by atoms with E-state index < -0.39 is 11.0 Å². The van der Waals surface area contributed by atoms with Crippen molar-refractivity contribution in [2.75, 3.05) is 6.54 Å². The number of carbonyl (C=O) groups excluding carboxylic acids is 1.